The van der Waals surface area contributed by atoms with Gasteiger partial charge < -0.3 is 5.32 Å². The van der Waals surface area contributed by atoms with Gasteiger partial charge in [0.05, 0.1) is 20.7 Å². The summed E-state index contributed by atoms with van der Waals surface area (Å²) in [6.45, 7) is 0. The van der Waals surface area contributed by atoms with Crippen molar-refractivity contribution in [2.24, 2.45) is 0 Å². The number of nitrogens with zero attached hydrogens (tertiary/aromatic N) is 1. The minimum Gasteiger partial charge on any atom is -0.321 e. The predicted octanol–water partition coefficient (Wildman–Crippen LogP) is 4.55. The van der Waals surface area contributed by atoms with Crippen molar-refractivity contribution in [1.29, 1.82) is 0 Å². The number of nitro groups is 1. The zero-order valence-corrected chi connectivity index (χ0v) is 12.6. The number of rotatable bonds is 4. The molecule has 1 N–H and O–H groups in total. The van der Waals surface area contributed by atoms with Crippen molar-refractivity contribution in [2.75, 3.05) is 5.32 Å². The number of nitro benzene ring substituents is 1. The lowest BCUT2D eigenvalue weighted by Gasteiger charge is -2.05. The number of anilines is 1. The first kappa shape index (κ1) is 16.0. The van der Waals surface area contributed by atoms with E-state index in [4.69, 9.17) is 23.2 Å². The van der Waals surface area contributed by atoms with Gasteiger partial charge >= 0.3 is 0 Å². The molecule has 1 amide bonds. The number of benzene rings is 2. The Balaban J connectivity index is 2.05. The Morgan fingerprint density at radius 2 is 1.82 bits per heavy atom. The number of amides is 1. The Morgan fingerprint density at radius 3 is 2.45 bits per heavy atom. The molecule has 0 saturated carbocycles. The second-order valence-electron chi connectivity index (χ2n) is 4.27. The second-order valence-corrected chi connectivity index (χ2v) is 5.06. The predicted molar refractivity (Wildman–Crippen MR) is 87.2 cm³/mol. The van der Waals surface area contributed by atoms with E-state index in [9.17, 15) is 14.9 Å². The van der Waals surface area contributed by atoms with Gasteiger partial charge in [-0.05, 0) is 35.9 Å². The summed E-state index contributed by atoms with van der Waals surface area (Å²) in [5.41, 5.74) is 1.07. The molecule has 7 heteroatoms. The molecule has 0 aliphatic rings. The maximum atomic E-state index is 11.8. The fraction of sp³-hybridized carbons (Fsp3) is 0. The van der Waals surface area contributed by atoms with Gasteiger partial charge in [-0.1, -0.05) is 29.3 Å². The van der Waals surface area contributed by atoms with E-state index in [2.05, 4.69) is 5.32 Å². The number of non-ortho nitro benzene ring substituents is 1. The average molecular weight is 337 g/mol. The zero-order chi connectivity index (χ0) is 16.1. The van der Waals surface area contributed by atoms with Gasteiger partial charge in [-0.25, -0.2) is 0 Å². The van der Waals surface area contributed by atoms with Crippen LogP contribution in [0.25, 0.3) is 6.08 Å². The van der Waals surface area contributed by atoms with E-state index in [1.165, 1.54) is 24.3 Å². The topological polar surface area (TPSA) is 72.2 Å². The number of nitrogens with one attached hydrogen (secondary N) is 1. The van der Waals surface area contributed by atoms with Crippen molar-refractivity contribution < 1.29 is 9.72 Å². The van der Waals surface area contributed by atoms with Crippen LogP contribution in [0.2, 0.25) is 10.0 Å². The van der Waals surface area contributed by atoms with Gasteiger partial charge in [-0.15, -0.1) is 0 Å². The molecule has 0 bridgehead atoms. The van der Waals surface area contributed by atoms with Crippen molar-refractivity contribution in [3.63, 3.8) is 0 Å². The SMILES string of the molecule is O=C(C=Cc1ccc([N+](=O)[O-])cc1)Nc1cccc(Cl)c1Cl. The normalized spacial score (nSPS) is 10.6. The average Bonchev–Trinajstić information content (AvgIpc) is 2.50. The van der Waals surface area contributed by atoms with Crippen LogP contribution in [0.5, 0.6) is 0 Å². The molecule has 2 rings (SSSR count). The van der Waals surface area contributed by atoms with Crippen LogP contribution in [0.1, 0.15) is 5.56 Å². The molecule has 0 heterocycles. The number of hydrogen-bond donors (Lipinski definition) is 1. The molecule has 2 aromatic carbocycles. The Bertz CT molecular complexity index is 743. The monoisotopic (exact) mass is 336 g/mol. The summed E-state index contributed by atoms with van der Waals surface area (Å²) >= 11 is 11.8. The maximum absolute atomic E-state index is 11.8. The summed E-state index contributed by atoms with van der Waals surface area (Å²) in [5.74, 6) is -0.387. The molecular weight excluding hydrogens is 327 g/mol. The number of carbonyl (C=O) groups excluding carboxylic acids is 1. The Hall–Kier alpha value is -2.37. The van der Waals surface area contributed by atoms with Crippen LogP contribution in [-0.4, -0.2) is 10.8 Å². The molecule has 22 heavy (non-hydrogen) atoms. The smallest absolute Gasteiger partial charge is 0.269 e. The van der Waals surface area contributed by atoms with Gasteiger partial charge in [0.15, 0.2) is 0 Å². The van der Waals surface area contributed by atoms with E-state index in [1.54, 1.807) is 30.3 Å². The highest BCUT2D eigenvalue weighted by molar-refractivity contribution is 6.44. The van der Waals surface area contributed by atoms with Crippen LogP contribution in [0, 0.1) is 10.1 Å². The van der Waals surface area contributed by atoms with Crippen molar-refractivity contribution in [1.82, 2.24) is 0 Å². The largest absolute Gasteiger partial charge is 0.321 e. The third kappa shape index (κ3) is 4.07. The molecule has 0 atom stereocenters. The highest BCUT2D eigenvalue weighted by Gasteiger charge is 2.06. The van der Waals surface area contributed by atoms with E-state index in [1.807, 2.05) is 0 Å². The van der Waals surface area contributed by atoms with Crippen LogP contribution in [0.4, 0.5) is 11.4 Å². The molecule has 0 spiro atoms. The van der Waals surface area contributed by atoms with Crippen molar-refractivity contribution in [3.05, 3.63) is 74.3 Å². The third-order valence-electron chi connectivity index (χ3n) is 2.74. The summed E-state index contributed by atoms with van der Waals surface area (Å²) in [4.78, 5) is 21.9. The first-order valence-electron chi connectivity index (χ1n) is 6.15. The van der Waals surface area contributed by atoms with E-state index in [0.29, 0.717) is 16.3 Å². The van der Waals surface area contributed by atoms with Crippen LogP contribution in [-0.2, 0) is 4.79 Å². The number of hydrogen-bond acceptors (Lipinski definition) is 3. The van der Waals surface area contributed by atoms with Crippen molar-refractivity contribution in [3.8, 4) is 0 Å². The van der Waals surface area contributed by atoms with Gasteiger partial charge in [-0.3, -0.25) is 14.9 Å². The summed E-state index contributed by atoms with van der Waals surface area (Å²) < 4.78 is 0. The Kier molecular flexibility index (Phi) is 5.14. The second kappa shape index (κ2) is 7.06. The van der Waals surface area contributed by atoms with Gasteiger partial charge in [0.2, 0.25) is 5.91 Å². The fourth-order valence-corrected chi connectivity index (χ4v) is 2.00. The van der Waals surface area contributed by atoms with Gasteiger partial charge in [0, 0.05) is 18.2 Å². The molecule has 0 aliphatic heterocycles. The van der Waals surface area contributed by atoms with E-state index in [0.717, 1.165) is 0 Å². The minimum absolute atomic E-state index is 0.00712. The van der Waals surface area contributed by atoms with E-state index < -0.39 is 4.92 Å². The van der Waals surface area contributed by atoms with Crippen LogP contribution < -0.4 is 5.32 Å². The van der Waals surface area contributed by atoms with Gasteiger partial charge in [-0.2, -0.15) is 0 Å². The standard InChI is InChI=1S/C15H10Cl2N2O3/c16-12-2-1-3-13(15(12)17)18-14(20)9-6-10-4-7-11(8-5-10)19(21)22/h1-9H,(H,18,20). The highest BCUT2D eigenvalue weighted by Crippen LogP contribution is 2.29. The molecule has 0 radical (unpaired) electrons. The number of halogens is 2. The van der Waals surface area contributed by atoms with Crippen LogP contribution >= 0.6 is 23.2 Å². The molecule has 2 aromatic rings. The molecule has 5 nitrogen and oxygen atoms in total. The van der Waals surface area contributed by atoms with Gasteiger partial charge in [0.1, 0.15) is 0 Å². The first-order valence-corrected chi connectivity index (χ1v) is 6.90. The van der Waals surface area contributed by atoms with Crippen LogP contribution in [0.3, 0.4) is 0 Å². The molecule has 0 saturated heterocycles. The Labute approximate surface area is 136 Å². The number of carbonyl (C=O) groups is 1. The minimum atomic E-state index is -0.485. The summed E-state index contributed by atoms with van der Waals surface area (Å²) in [5, 5.41) is 13.8. The quantitative estimate of drug-likeness (QED) is 0.505. The Morgan fingerprint density at radius 1 is 1.14 bits per heavy atom. The summed E-state index contributed by atoms with van der Waals surface area (Å²) in [6.07, 6.45) is 2.84. The first-order chi connectivity index (χ1) is 10.5. The lowest BCUT2D eigenvalue weighted by atomic mass is 10.2. The van der Waals surface area contributed by atoms with Crippen molar-refractivity contribution >= 4 is 46.6 Å². The van der Waals surface area contributed by atoms with E-state index >= 15 is 0 Å². The zero-order valence-electron chi connectivity index (χ0n) is 11.1. The fourth-order valence-electron chi connectivity index (χ4n) is 1.65. The highest BCUT2D eigenvalue weighted by atomic mass is 35.5. The maximum Gasteiger partial charge on any atom is 0.269 e. The molecule has 0 aromatic heterocycles. The molecule has 0 unspecified atom stereocenters. The van der Waals surface area contributed by atoms with Crippen LogP contribution in [0.15, 0.2) is 48.5 Å². The lowest BCUT2D eigenvalue weighted by molar-refractivity contribution is -0.384. The molecule has 0 fully saturated rings. The van der Waals surface area contributed by atoms with Crippen molar-refractivity contribution in [2.45, 2.75) is 0 Å². The third-order valence-corrected chi connectivity index (χ3v) is 3.56. The molecular formula is C15H10Cl2N2O3. The van der Waals surface area contributed by atoms with E-state index in [-0.39, 0.29) is 16.6 Å². The molecule has 0 aliphatic carbocycles. The molecule has 112 valence electrons. The summed E-state index contributed by atoms with van der Waals surface area (Å²) in [6, 6.07) is 10.8. The summed E-state index contributed by atoms with van der Waals surface area (Å²) in [7, 11) is 0. The lowest BCUT2D eigenvalue weighted by Crippen LogP contribution is -2.08. The van der Waals surface area contributed by atoms with Gasteiger partial charge in [0.25, 0.3) is 5.69 Å².